The molecule has 0 N–H and O–H groups in total. The topological polar surface area (TPSA) is 52.5 Å². The molecule has 0 saturated heterocycles. The second kappa shape index (κ2) is 2.63. The molecule has 1 unspecified atom stereocenters. The third kappa shape index (κ3) is 1.07. The van der Waals surface area contributed by atoms with Gasteiger partial charge in [0.25, 0.3) is 0 Å². The van der Waals surface area contributed by atoms with Crippen LogP contribution in [0.2, 0.25) is 0 Å². The minimum atomic E-state index is -1.31. The number of halogens is 1. The molecular weight excluding hydrogens is 192 g/mol. The van der Waals surface area contributed by atoms with Crippen LogP contribution < -0.4 is 4.65 Å². The van der Waals surface area contributed by atoms with Crippen LogP contribution in [0.15, 0.2) is 29.3 Å². The van der Waals surface area contributed by atoms with Crippen LogP contribution in [0.5, 0.6) is 0 Å². The van der Waals surface area contributed by atoms with Gasteiger partial charge < -0.3 is 5.21 Å². The summed E-state index contributed by atoms with van der Waals surface area (Å²) in [5.41, 5.74) is 0.758. The van der Waals surface area contributed by atoms with E-state index in [2.05, 4.69) is 4.99 Å². The first-order valence-corrected chi connectivity index (χ1v) is 3.97. The zero-order valence-electron chi connectivity index (χ0n) is 6.48. The number of carbonyl (C=O) groups is 1. The normalized spacial score (nSPS) is 24.5. The molecule has 1 heterocycles. The van der Waals surface area contributed by atoms with Crippen molar-refractivity contribution in [3.63, 3.8) is 0 Å². The van der Waals surface area contributed by atoms with Gasteiger partial charge in [0.2, 0.25) is 6.34 Å². The third-order valence-electron chi connectivity index (χ3n) is 1.86. The molecule has 0 aromatic heterocycles. The summed E-state index contributed by atoms with van der Waals surface area (Å²) in [6.07, 6.45) is 0.986. The molecule has 1 atom stereocenters. The number of quaternary nitrogens is 1. The van der Waals surface area contributed by atoms with Gasteiger partial charge in [0.1, 0.15) is 5.69 Å². The number of rotatable bonds is 0. The van der Waals surface area contributed by atoms with Gasteiger partial charge in [0, 0.05) is 17.7 Å². The lowest BCUT2D eigenvalue weighted by molar-refractivity contribution is 0.251. The van der Waals surface area contributed by atoms with Gasteiger partial charge in [-0.15, -0.1) is 0 Å². The van der Waals surface area contributed by atoms with Gasteiger partial charge in [-0.3, -0.25) is 0 Å². The number of hydrogen-bond acceptors (Lipinski definition) is 3. The number of aliphatic imine (C=N–C) groups is 1. The highest BCUT2D eigenvalue weighted by Crippen LogP contribution is 2.37. The highest BCUT2D eigenvalue weighted by molar-refractivity contribution is 6.66. The maximum atomic E-state index is 11.7. The quantitative estimate of drug-likeness (QED) is 0.277. The SMILES string of the molecule is O=C(Cl)[N+]1([O-])C=Nc2ccccc21. The summed E-state index contributed by atoms with van der Waals surface area (Å²) >= 11 is 5.18. The smallest absolute Gasteiger partial charge is 0.422 e. The third-order valence-corrected chi connectivity index (χ3v) is 2.11. The van der Waals surface area contributed by atoms with Crippen LogP contribution in [-0.4, -0.2) is 11.7 Å². The molecule has 1 amide bonds. The van der Waals surface area contributed by atoms with Crippen molar-refractivity contribution in [3.05, 3.63) is 29.5 Å². The fourth-order valence-electron chi connectivity index (χ4n) is 1.20. The predicted octanol–water partition coefficient (Wildman–Crippen LogP) is 2.52. The molecular formula is C8H5ClN2O2. The fourth-order valence-corrected chi connectivity index (χ4v) is 1.33. The maximum Gasteiger partial charge on any atom is 0.422 e. The minimum absolute atomic E-state index is 0.266. The van der Waals surface area contributed by atoms with Gasteiger partial charge in [0.15, 0.2) is 5.69 Å². The number of hydroxylamine groups is 2. The van der Waals surface area contributed by atoms with Gasteiger partial charge in [-0.25, -0.2) is 9.44 Å². The minimum Gasteiger partial charge on any atom is -0.612 e. The van der Waals surface area contributed by atoms with Crippen molar-refractivity contribution < 1.29 is 4.79 Å². The van der Waals surface area contributed by atoms with Gasteiger partial charge >= 0.3 is 5.37 Å². The number of benzene rings is 1. The van der Waals surface area contributed by atoms with Crippen LogP contribution >= 0.6 is 11.6 Å². The average Bonchev–Trinajstić information content (AvgIpc) is 2.47. The molecule has 1 aromatic carbocycles. The van der Waals surface area contributed by atoms with Crippen LogP contribution in [0.25, 0.3) is 0 Å². The molecule has 2 rings (SSSR count). The van der Waals surface area contributed by atoms with E-state index in [9.17, 15) is 10.0 Å². The van der Waals surface area contributed by atoms with Crippen LogP contribution in [-0.2, 0) is 0 Å². The summed E-state index contributed by atoms with van der Waals surface area (Å²) < 4.78 is -1.31. The average molecular weight is 197 g/mol. The molecule has 66 valence electrons. The maximum absolute atomic E-state index is 11.7. The van der Waals surface area contributed by atoms with E-state index < -0.39 is 10.0 Å². The van der Waals surface area contributed by atoms with Crippen molar-refractivity contribution in [2.45, 2.75) is 0 Å². The van der Waals surface area contributed by atoms with E-state index in [0.29, 0.717) is 5.69 Å². The Kier molecular flexibility index (Phi) is 1.69. The number of amides is 1. The number of carbonyl (C=O) groups excluding carboxylic acids is 1. The molecule has 0 bridgehead atoms. The Balaban J connectivity index is 2.61. The van der Waals surface area contributed by atoms with Crippen molar-refractivity contribution >= 4 is 34.7 Å². The first-order valence-electron chi connectivity index (χ1n) is 3.59. The summed E-state index contributed by atoms with van der Waals surface area (Å²) in [5, 5.41) is 10.7. The Morgan fingerprint density at radius 2 is 2.15 bits per heavy atom. The van der Waals surface area contributed by atoms with E-state index in [0.717, 1.165) is 6.34 Å². The van der Waals surface area contributed by atoms with Crippen molar-refractivity contribution in [3.8, 4) is 0 Å². The molecule has 0 radical (unpaired) electrons. The molecule has 1 aliphatic rings. The number of para-hydroxylation sites is 2. The van der Waals surface area contributed by atoms with Gasteiger partial charge in [0.05, 0.1) is 0 Å². The molecule has 1 aliphatic heterocycles. The Bertz CT molecular complexity index is 405. The van der Waals surface area contributed by atoms with Crippen LogP contribution in [0.1, 0.15) is 0 Å². The summed E-state index contributed by atoms with van der Waals surface area (Å²) in [5.74, 6) is 0. The highest BCUT2D eigenvalue weighted by atomic mass is 35.5. The summed E-state index contributed by atoms with van der Waals surface area (Å²) in [6.45, 7) is 0. The lowest BCUT2D eigenvalue weighted by Crippen LogP contribution is -2.41. The molecule has 5 heteroatoms. The number of hydrogen-bond donors (Lipinski definition) is 0. The number of nitrogens with zero attached hydrogens (tertiary/aromatic N) is 2. The Labute approximate surface area is 79.2 Å². The van der Waals surface area contributed by atoms with Crippen LogP contribution in [0.4, 0.5) is 16.2 Å². The van der Waals surface area contributed by atoms with E-state index in [1.54, 1.807) is 18.2 Å². The molecule has 0 saturated carbocycles. The summed E-state index contributed by atoms with van der Waals surface area (Å²) in [7, 11) is 0. The van der Waals surface area contributed by atoms with Gasteiger partial charge in [-0.1, -0.05) is 12.1 Å². The lowest BCUT2D eigenvalue weighted by atomic mass is 10.3. The largest absolute Gasteiger partial charge is 0.612 e. The zero-order chi connectivity index (χ0) is 9.47. The predicted molar refractivity (Wildman–Crippen MR) is 51.0 cm³/mol. The van der Waals surface area contributed by atoms with E-state index in [-0.39, 0.29) is 5.69 Å². The highest BCUT2D eigenvalue weighted by Gasteiger charge is 2.34. The van der Waals surface area contributed by atoms with E-state index in [1.807, 2.05) is 0 Å². The van der Waals surface area contributed by atoms with E-state index >= 15 is 0 Å². The van der Waals surface area contributed by atoms with Crippen molar-refractivity contribution in [1.82, 2.24) is 4.65 Å². The van der Waals surface area contributed by atoms with Crippen molar-refractivity contribution in [2.75, 3.05) is 0 Å². The molecule has 1 aromatic rings. The zero-order valence-corrected chi connectivity index (χ0v) is 7.23. The number of fused-ring (bicyclic) bond motifs is 1. The molecule has 0 fully saturated rings. The molecule has 13 heavy (non-hydrogen) atoms. The molecule has 0 aliphatic carbocycles. The first kappa shape index (κ1) is 8.37. The molecule has 4 nitrogen and oxygen atoms in total. The van der Waals surface area contributed by atoms with Gasteiger partial charge in [-0.05, 0) is 6.07 Å². The fraction of sp³-hybridized carbons (Fsp3) is 0. The second-order valence-corrected chi connectivity index (χ2v) is 2.97. The van der Waals surface area contributed by atoms with Crippen LogP contribution in [0.3, 0.4) is 0 Å². The van der Waals surface area contributed by atoms with Crippen LogP contribution in [0, 0.1) is 5.21 Å². The second-order valence-electron chi connectivity index (χ2n) is 2.64. The monoisotopic (exact) mass is 196 g/mol. The first-order chi connectivity index (χ1) is 6.14. The lowest BCUT2D eigenvalue weighted by Gasteiger charge is -2.27. The van der Waals surface area contributed by atoms with Crippen molar-refractivity contribution in [1.29, 1.82) is 0 Å². The summed E-state index contributed by atoms with van der Waals surface area (Å²) in [6, 6.07) is 6.60. The Morgan fingerprint density at radius 1 is 1.46 bits per heavy atom. The molecule has 0 spiro atoms. The van der Waals surface area contributed by atoms with Crippen molar-refractivity contribution in [2.24, 2.45) is 4.99 Å². The van der Waals surface area contributed by atoms with E-state index in [1.165, 1.54) is 6.07 Å². The van der Waals surface area contributed by atoms with Gasteiger partial charge in [-0.2, -0.15) is 4.99 Å². The van der Waals surface area contributed by atoms with E-state index in [4.69, 9.17) is 11.6 Å². The standard InChI is InChI=1S/C8H5ClN2O2/c9-8(12)11(13)5-10-6-3-1-2-4-7(6)11/h1-5H. The Morgan fingerprint density at radius 3 is 2.85 bits per heavy atom. The summed E-state index contributed by atoms with van der Waals surface area (Å²) in [4.78, 5) is 14.7. The Hall–Kier alpha value is -1.23.